The van der Waals surface area contributed by atoms with E-state index in [2.05, 4.69) is 4.90 Å². The minimum Gasteiger partial charge on any atom is -0.481 e. The Morgan fingerprint density at radius 2 is 2.00 bits per heavy atom. The summed E-state index contributed by atoms with van der Waals surface area (Å²) in [6.45, 7) is 4.24. The van der Waals surface area contributed by atoms with Crippen molar-refractivity contribution in [1.82, 2.24) is 4.90 Å². The molecule has 2 fully saturated rings. The Labute approximate surface area is 148 Å². The standard InChI is InChI=1S/C18H29NO6/c1-13(20)25-16-12-15(21)18(19-8-10-24-11-9-19)14(16)6-4-2-3-5-7-17(22)23/h2,4,14-16,18,21H,3,5-12H2,1H3,(H,22,23)/t14-,15+,16-,18+/m0/s1. The lowest BCUT2D eigenvalue weighted by Crippen LogP contribution is -2.50. The van der Waals surface area contributed by atoms with Crippen molar-refractivity contribution in [3.63, 3.8) is 0 Å². The van der Waals surface area contributed by atoms with Crippen LogP contribution in [0.1, 0.15) is 39.0 Å². The van der Waals surface area contributed by atoms with Gasteiger partial charge in [0.05, 0.1) is 19.3 Å². The Balaban J connectivity index is 1.96. The van der Waals surface area contributed by atoms with Gasteiger partial charge in [-0.15, -0.1) is 0 Å². The average Bonchev–Trinajstić information content (AvgIpc) is 2.86. The second kappa shape index (κ2) is 9.89. The quantitative estimate of drug-likeness (QED) is 0.384. The van der Waals surface area contributed by atoms with Crippen molar-refractivity contribution >= 4 is 11.9 Å². The van der Waals surface area contributed by atoms with E-state index in [0.717, 1.165) is 13.1 Å². The highest BCUT2D eigenvalue weighted by atomic mass is 16.5. The van der Waals surface area contributed by atoms with Crippen LogP contribution in [0.3, 0.4) is 0 Å². The largest absolute Gasteiger partial charge is 0.481 e. The molecule has 1 aliphatic heterocycles. The number of aliphatic carboxylic acids is 1. The molecule has 0 unspecified atom stereocenters. The topological polar surface area (TPSA) is 96.3 Å². The van der Waals surface area contributed by atoms with Gasteiger partial charge in [0.25, 0.3) is 0 Å². The maximum Gasteiger partial charge on any atom is 0.303 e. The minimum atomic E-state index is -0.783. The van der Waals surface area contributed by atoms with Crippen molar-refractivity contribution in [1.29, 1.82) is 0 Å². The van der Waals surface area contributed by atoms with Gasteiger partial charge in [0.1, 0.15) is 6.10 Å². The predicted molar refractivity (Wildman–Crippen MR) is 91.1 cm³/mol. The molecule has 0 amide bonds. The second-order valence-electron chi connectivity index (χ2n) is 6.75. The number of morpholine rings is 1. The Bertz CT molecular complexity index is 474. The van der Waals surface area contributed by atoms with Gasteiger partial charge in [-0.05, 0) is 19.3 Å². The summed E-state index contributed by atoms with van der Waals surface area (Å²) in [6, 6.07) is -0.0445. The zero-order valence-corrected chi connectivity index (χ0v) is 14.8. The number of allylic oxidation sites excluding steroid dienone is 2. The van der Waals surface area contributed by atoms with Crippen LogP contribution in [0, 0.1) is 5.92 Å². The number of carboxylic acids is 1. The molecule has 2 N–H and O–H groups in total. The molecule has 2 aliphatic rings. The molecule has 1 aliphatic carbocycles. The van der Waals surface area contributed by atoms with E-state index >= 15 is 0 Å². The van der Waals surface area contributed by atoms with Crippen molar-refractivity contribution in [2.45, 2.75) is 57.3 Å². The first kappa shape index (κ1) is 19.9. The van der Waals surface area contributed by atoms with Gasteiger partial charge in [0.2, 0.25) is 0 Å². The normalized spacial score (nSPS) is 30.6. The molecule has 142 valence electrons. The van der Waals surface area contributed by atoms with Crippen LogP contribution in [0.4, 0.5) is 0 Å². The van der Waals surface area contributed by atoms with Crippen LogP contribution in [-0.2, 0) is 19.1 Å². The molecular weight excluding hydrogens is 326 g/mol. The molecule has 25 heavy (non-hydrogen) atoms. The van der Waals surface area contributed by atoms with E-state index in [1.165, 1.54) is 6.92 Å². The Kier molecular flexibility index (Phi) is 7.87. The molecule has 0 aromatic rings. The minimum absolute atomic E-state index is 0.0349. The summed E-state index contributed by atoms with van der Waals surface area (Å²) in [6.07, 6.45) is 5.84. The number of esters is 1. The Hall–Kier alpha value is -1.44. The number of aliphatic hydroxyl groups is 1. The molecule has 1 saturated carbocycles. The molecule has 0 spiro atoms. The van der Waals surface area contributed by atoms with E-state index in [1.807, 2.05) is 12.2 Å². The van der Waals surface area contributed by atoms with E-state index < -0.39 is 12.1 Å². The number of aliphatic hydroxyl groups excluding tert-OH is 1. The molecule has 1 saturated heterocycles. The van der Waals surface area contributed by atoms with Gasteiger partial charge in [-0.3, -0.25) is 14.5 Å². The van der Waals surface area contributed by atoms with E-state index in [-0.39, 0.29) is 30.5 Å². The molecule has 0 radical (unpaired) electrons. The average molecular weight is 355 g/mol. The lowest BCUT2D eigenvalue weighted by molar-refractivity contribution is -0.148. The van der Waals surface area contributed by atoms with E-state index in [0.29, 0.717) is 38.9 Å². The van der Waals surface area contributed by atoms with Gasteiger partial charge in [-0.2, -0.15) is 0 Å². The zero-order valence-electron chi connectivity index (χ0n) is 14.8. The first-order valence-electron chi connectivity index (χ1n) is 9.03. The third-order valence-corrected chi connectivity index (χ3v) is 4.91. The lowest BCUT2D eigenvalue weighted by atomic mass is 9.94. The third-order valence-electron chi connectivity index (χ3n) is 4.91. The molecule has 0 aromatic carbocycles. The van der Waals surface area contributed by atoms with E-state index in [4.69, 9.17) is 14.6 Å². The summed E-state index contributed by atoms with van der Waals surface area (Å²) in [4.78, 5) is 24.2. The molecular formula is C18H29NO6. The highest BCUT2D eigenvalue weighted by Crippen LogP contribution is 2.36. The molecule has 0 bridgehead atoms. The number of carbonyl (C=O) groups is 2. The number of hydrogen-bond donors (Lipinski definition) is 2. The molecule has 0 aromatic heterocycles. The molecule has 2 rings (SSSR count). The second-order valence-corrected chi connectivity index (χ2v) is 6.75. The maximum absolute atomic E-state index is 11.4. The van der Waals surface area contributed by atoms with Crippen LogP contribution in [0.15, 0.2) is 12.2 Å². The summed E-state index contributed by atoms with van der Waals surface area (Å²) >= 11 is 0. The number of carboxylic acid groups (broad SMARTS) is 1. The van der Waals surface area contributed by atoms with Gasteiger partial charge in [0.15, 0.2) is 0 Å². The van der Waals surface area contributed by atoms with Crippen LogP contribution in [0.5, 0.6) is 0 Å². The van der Waals surface area contributed by atoms with Crippen LogP contribution >= 0.6 is 0 Å². The fourth-order valence-electron chi connectivity index (χ4n) is 3.83. The fourth-order valence-corrected chi connectivity index (χ4v) is 3.83. The number of rotatable bonds is 8. The Morgan fingerprint density at radius 1 is 1.28 bits per heavy atom. The smallest absolute Gasteiger partial charge is 0.303 e. The summed E-state index contributed by atoms with van der Waals surface area (Å²) in [5.74, 6) is -1.07. The number of unbranched alkanes of at least 4 members (excludes halogenated alkanes) is 1. The first-order chi connectivity index (χ1) is 12.0. The first-order valence-corrected chi connectivity index (χ1v) is 9.03. The number of hydrogen-bond acceptors (Lipinski definition) is 6. The maximum atomic E-state index is 11.4. The number of ether oxygens (including phenoxy) is 2. The number of carbonyl (C=O) groups excluding carboxylic acids is 1. The summed E-state index contributed by atoms with van der Waals surface area (Å²) in [5.41, 5.74) is 0. The lowest BCUT2D eigenvalue weighted by Gasteiger charge is -2.37. The number of nitrogens with zero attached hydrogens (tertiary/aromatic N) is 1. The molecule has 4 atom stereocenters. The fraction of sp³-hybridized carbons (Fsp3) is 0.778. The van der Waals surface area contributed by atoms with Crippen molar-refractivity contribution < 1.29 is 29.3 Å². The molecule has 1 heterocycles. The van der Waals surface area contributed by atoms with Crippen molar-refractivity contribution in [2.24, 2.45) is 5.92 Å². The van der Waals surface area contributed by atoms with E-state index in [1.54, 1.807) is 0 Å². The van der Waals surface area contributed by atoms with Crippen molar-refractivity contribution in [2.75, 3.05) is 26.3 Å². The third kappa shape index (κ3) is 6.09. The van der Waals surface area contributed by atoms with Crippen LogP contribution in [0.2, 0.25) is 0 Å². The predicted octanol–water partition coefficient (Wildman–Crippen LogP) is 1.20. The summed E-state index contributed by atoms with van der Waals surface area (Å²) in [5, 5.41) is 19.2. The van der Waals surface area contributed by atoms with Gasteiger partial charge in [-0.25, -0.2) is 0 Å². The van der Waals surface area contributed by atoms with Gasteiger partial charge < -0.3 is 19.7 Å². The SMILES string of the molecule is CC(=O)O[C@H]1C[C@@H](O)[C@H](N2CCOCC2)[C@H]1CC=CCCCC(=O)O. The van der Waals surface area contributed by atoms with Gasteiger partial charge >= 0.3 is 11.9 Å². The van der Waals surface area contributed by atoms with Crippen LogP contribution < -0.4 is 0 Å². The molecule has 7 nitrogen and oxygen atoms in total. The van der Waals surface area contributed by atoms with Crippen molar-refractivity contribution in [3.8, 4) is 0 Å². The highest BCUT2D eigenvalue weighted by Gasteiger charge is 2.46. The summed E-state index contributed by atoms with van der Waals surface area (Å²) < 4.78 is 10.9. The van der Waals surface area contributed by atoms with Crippen LogP contribution in [0.25, 0.3) is 0 Å². The zero-order chi connectivity index (χ0) is 18.2. The molecule has 7 heteroatoms. The van der Waals surface area contributed by atoms with E-state index in [9.17, 15) is 14.7 Å². The highest BCUT2D eigenvalue weighted by molar-refractivity contribution is 5.66. The van der Waals surface area contributed by atoms with Gasteiger partial charge in [0, 0.05) is 44.8 Å². The monoisotopic (exact) mass is 355 g/mol. The van der Waals surface area contributed by atoms with Crippen LogP contribution in [-0.4, -0.2) is 71.6 Å². The van der Waals surface area contributed by atoms with Gasteiger partial charge in [-0.1, -0.05) is 12.2 Å². The van der Waals surface area contributed by atoms with Crippen molar-refractivity contribution in [3.05, 3.63) is 12.2 Å². The Morgan fingerprint density at radius 3 is 2.64 bits per heavy atom. The summed E-state index contributed by atoms with van der Waals surface area (Å²) in [7, 11) is 0.